The molecule has 2 aromatic carbocycles. The molecule has 2 amide bonds. The third-order valence-electron chi connectivity index (χ3n) is 9.74. The van der Waals surface area contributed by atoms with Crippen LogP contribution in [0.5, 0.6) is 5.75 Å². The number of hydrogen-bond acceptors (Lipinski definition) is 6. The van der Waals surface area contributed by atoms with Crippen molar-refractivity contribution in [2.75, 3.05) is 37.5 Å². The summed E-state index contributed by atoms with van der Waals surface area (Å²) in [7, 11) is -2.08. The molecule has 0 radical (unpaired) electrons. The lowest BCUT2D eigenvalue weighted by molar-refractivity contribution is -0.143. The Labute approximate surface area is 285 Å². The summed E-state index contributed by atoms with van der Waals surface area (Å²) >= 11 is 6.39. The van der Waals surface area contributed by atoms with E-state index in [0.717, 1.165) is 19.3 Å². The molecular weight excluding hydrogens is 667 g/mol. The Morgan fingerprint density at radius 2 is 2.00 bits per heavy atom. The molecule has 0 aromatic heterocycles. The summed E-state index contributed by atoms with van der Waals surface area (Å²) in [5.74, 6) is -1.29. The van der Waals surface area contributed by atoms with E-state index in [0.29, 0.717) is 42.6 Å². The standard InChI is InChI=1S/C35H43ClF3N3O5S/c1-23-20-42-21-34(15-7-8-25-18-27(36)11-12-28(25)34)22-47-31-13-10-26(19-29(31)42)33(44)41-48(45,40-32(43)14-16-35(37,38)39)17-6-4-5-9-30(46-3)24(23)2/h5,9-13,18-19,23-24,30H,4,6-8,14-17,20-22H2,1-3H3,(H,40,41,43,44,45)/b9-5+/t23-,24+,30-,34-,48?/m0/s1. The van der Waals surface area contributed by atoms with Crippen LogP contribution in [-0.2, 0) is 31.3 Å². The van der Waals surface area contributed by atoms with Gasteiger partial charge in [0, 0.05) is 42.6 Å². The second-order valence-electron chi connectivity index (χ2n) is 13.3. The molecule has 0 fully saturated rings. The molecule has 1 spiro atoms. The first-order valence-electron chi connectivity index (χ1n) is 16.4. The van der Waals surface area contributed by atoms with Crippen molar-refractivity contribution in [1.82, 2.24) is 4.72 Å². The van der Waals surface area contributed by atoms with Gasteiger partial charge in [0.25, 0.3) is 5.91 Å². The minimum atomic E-state index is -4.56. The predicted octanol–water partition coefficient (Wildman–Crippen LogP) is 7.43. The van der Waals surface area contributed by atoms with E-state index >= 15 is 0 Å². The Hall–Kier alpha value is -3.09. The molecule has 13 heteroatoms. The summed E-state index contributed by atoms with van der Waals surface area (Å²) in [6.45, 7) is 5.98. The maximum absolute atomic E-state index is 13.9. The van der Waals surface area contributed by atoms with Gasteiger partial charge < -0.3 is 14.4 Å². The number of fused-ring (bicyclic) bond motifs is 3. The number of amides is 2. The monoisotopic (exact) mass is 709 g/mol. The normalized spacial score (nSPS) is 28.9. The highest BCUT2D eigenvalue weighted by Crippen LogP contribution is 2.45. The molecule has 1 aliphatic carbocycles. The van der Waals surface area contributed by atoms with Crippen LogP contribution in [-0.4, -0.2) is 60.9 Å². The number of carbonyl (C=O) groups excluding carboxylic acids is 2. The second-order valence-corrected chi connectivity index (χ2v) is 15.8. The minimum absolute atomic E-state index is 0.0946. The van der Waals surface area contributed by atoms with E-state index in [-0.39, 0.29) is 41.1 Å². The van der Waals surface area contributed by atoms with Gasteiger partial charge in [-0.2, -0.15) is 13.2 Å². The molecule has 0 saturated heterocycles. The molecule has 1 N–H and O–H groups in total. The van der Waals surface area contributed by atoms with E-state index in [9.17, 15) is 27.0 Å². The summed E-state index contributed by atoms with van der Waals surface area (Å²) in [4.78, 5) is 28.3. The van der Waals surface area contributed by atoms with Crippen LogP contribution in [0.25, 0.3) is 0 Å². The highest BCUT2D eigenvalue weighted by atomic mass is 35.5. The smallest absolute Gasteiger partial charge is 0.389 e. The van der Waals surface area contributed by atoms with Crippen LogP contribution in [0.3, 0.4) is 0 Å². The highest BCUT2D eigenvalue weighted by Gasteiger charge is 2.42. The van der Waals surface area contributed by atoms with Crippen molar-refractivity contribution >= 4 is 39.0 Å². The minimum Gasteiger partial charge on any atom is -0.490 e. The summed E-state index contributed by atoms with van der Waals surface area (Å²) in [6, 6.07) is 11.0. The molecule has 2 aromatic rings. The van der Waals surface area contributed by atoms with Gasteiger partial charge in [-0.15, -0.1) is 4.36 Å². The van der Waals surface area contributed by atoms with Gasteiger partial charge >= 0.3 is 6.18 Å². The number of alkyl halides is 3. The average Bonchev–Trinajstić information content (AvgIpc) is 3.17. The average molecular weight is 710 g/mol. The number of anilines is 1. The molecule has 5 atom stereocenters. The van der Waals surface area contributed by atoms with Crippen LogP contribution in [0, 0.1) is 11.8 Å². The first-order chi connectivity index (χ1) is 22.7. The van der Waals surface area contributed by atoms with Gasteiger partial charge in [0.2, 0.25) is 5.91 Å². The maximum atomic E-state index is 13.9. The number of ether oxygens (including phenoxy) is 2. The topological polar surface area (TPSA) is 97.3 Å². The third-order valence-corrected chi connectivity index (χ3v) is 11.8. The fourth-order valence-corrected chi connectivity index (χ4v) is 8.79. The Balaban J connectivity index is 1.57. The van der Waals surface area contributed by atoms with E-state index in [2.05, 4.69) is 33.9 Å². The Bertz CT molecular complexity index is 1670. The number of allylic oxidation sites excluding steroid dienone is 1. The SMILES string of the molecule is CO[C@H]1/C=C/CCCS(=O)(NC(=O)CCC(F)(F)F)=NC(=O)c2ccc3c(c2)N(C[C@H](C)[C@H]1C)C[C@@]1(CCCc2cc(Cl)ccc21)CO3. The molecule has 48 heavy (non-hydrogen) atoms. The van der Waals surface area contributed by atoms with Crippen molar-refractivity contribution in [3.05, 3.63) is 70.3 Å². The van der Waals surface area contributed by atoms with Crippen molar-refractivity contribution in [2.24, 2.45) is 16.2 Å². The van der Waals surface area contributed by atoms with Gasteiger partial charge in [0.05, 0.1) is 30.6 Å². The van der Waals surface area contributed by atoms with E-state index in [1.165, 1.54) is 11.1 Å². The number of nitrogens with one attached hydrogen (secondary N) is 1. The highest BCUT2D eigenvalue weighted by molar-refractivity contribution is 7.92. The molecule has 2 aliphatic heterocycles. The zero-order valence-electron chi connectivity index (χ0n) is 27.5. The number of hydrogen-bond donors (Lipinski definition) is 1. The Morgan fingerprint density at radius 1 is 1.21 bits per heavy atom. The Morgan fingerprint density at radius 3 is 2.75 bits per heavy atom. The second kappa shape index (κ2) is 14.8. The van der Waals surface area contributed by atoms with Gasteiger partial charge in [-0.05, 0) is 85.4 Å². The fourth-order valence-electron chi connectivity index (χ4n) is 6.97. The molecular formula is C35H43ClF3N3O5S. The molecule has 262 valence electrons. The van der Waals surface area contributed by atoms with Crippen LogP contribution in [0.4, 0.5) is 18.9 Å². The zero-order valence-corrected chi connectivity index (χ0v) is 29.1. The van der Waals surface area contributed by atoms with Gasteiger partial charge in [0.15, 0.2) is 0 Å². The fraction of sp³-hybridized carbons (Fsp3) is 0.543. The quantitative estimate of drug-likeness (QED) is 0.332. The predicted molar refractivity (Wildman–Crippen MR) is 181 cm³/mol. The molecule has 2 bridgehead atoms. The van der Waals surface area contributed by atoms with E-state index < -0.39 is 40.7 Å². The maximum Gasteiger partial charge on any atom is 0.389 e. The van der Waals surface area contributed by atoms with Crippen LogP contribution in [0.15, 0.2) is 52.9 Å². The number of carbonyl (C=O) groups is 2. The summed E-state index contributed by atoms with van der Waals surface area (Å²) < 4.78 is 70.7. The zero-order chi connectivity index (χ0) is 34.7. The van der Waals surface area contributed by atoms with Gasteiger partial charge in [-0.1, -0.05) is 43.7 Å². The number of nitrogens with zero attached hydrogens (tertiary/aromatic N) is 2. The summed E-state index contributed by atoms with van der Waals surface area (Å²) in [5, 5.41) is 0.690. The van der Waals surface area contributed by atoms with Crippen LogP contribution < -0.4 is 14.4 Å². The lowest BCUT2D eigenvalue weighted by Gasteiger charge is -2.42. The van der Waals surface area contributed by atoms with Gasteiger partial charge in [-0.3, -0.25) is 14.3 Å². The van der Waals surface area contributed by atoms with Gasteiger partial charge in [-0.25, -0.2) is 4.21 Å². The number of benzene rings is 2. The van der Waals surface area contributed by atoms with Gasteiger partial charge in [0.1, 0.15) is 15.7 Å². The number of rotatable bonds is 4. The lowest BCUT2D eigenvalue weighted by Crippen LogP contribution is -2.47. The molecule has 5 rings (SSSR count). The molecule has 0 saturated carbocycles. The third kappa shape index (κ3) is 8.55. The first kappa shape index (κ1) is 36.2. The molecule has 2 heterocycles. The van der Waals surface area contributed by atoms with Crippen molar-refractivity contribution in [3.63, 3.8) is 0 Å². The van der Waals surface area contributed by atoms with Crippen LogP contribution in [0.2, 0.25) is 5.02 Å². The van der Waals surface area contributed by atoms with Crippen LogP contribution >= 0.6 is 11.6 Å². The lowest BCUT2D eigenvalue weighted by atomic mass is 9.70. The number of halogens is 4. The van der Waals surface area contributed by atoms with Crippen molar-refractivity contribution in [1.29, 1.82) is 0 Å². The Kier molecular flexibility index (Phi) is 11.2. The van der Waals surface area contributed by atoms with Crippen LogP contribution in [0.1, 0.15) is 73.9 Å². The summed E-state index contributed by atoms with van der Waals surface area (Å²) in [5.41, 5.74) is 2.87. The molecule has 3 aliphatic rings. The first-order valence-corrected chi connectivity index (χ1v) is 18.4. The van der Waals surface area contributed by atoms with E-state index in [4.69, 9.17) is 21.1 Å². The summed E-state index contributed by atoms with van der Waals surface area (Å²) in [6.07, 6.45) is 0.284. The van der Waals surface area contributed by atoms with E-state index in [1.807, 2.05) is 24.3 Å². The van der Waals surface area contributed by atoms with E-state index in [1.54, 1.807) is 25.3 Å². The molecule has 1 unspecified atom stereocenters. The largest absolute Gasteiger partial charge is 0.490 e. The van der Waals surface area contributed by atoms with Crippen molar-refractivity contribution in [2.45, 2.75) is 76.5 Å². The number of aryl methyl sites for hydroxylation is 1. The number of methoxy groups -OCH3 is 1. The van der Waals surface area contributed by atoms with Crippen molar-refractivity contribution in [3.8, 4) is 5.75 Å². The molecule has 8 nitrogen and oxygen atoms in total. The van der Waals surface area contributed by atoms with Crippen molar-refractivity contribution < 1.29 is 36.4 Å².